The molecule has 1 aliphatic carbocycles. The van der Waals surface area contributed by atoms with Crippen molar-refractivity contribution in [3.63, 3.8) is 0 Å². The van der Waals surface area contributed by atoms with Crippen molar-refractivity contribution >= 4 is 15.6 Å². The normalized spacial score (nSPS) is 30.9. The average molecular weight is 336 g/mol. The van der Waals surface area contributed by atoms with Gasteiger partial charge in [0.05, 0.1) is 0 Å². The van der Waals surface area contributed by atoms with Crippen molar-refractivity contribution < 1.29 is 36.3 Å². The Labute approximate surface area is 121 Å². The Hall–Kier alpha value is -2.30. The minimum atomic E-state index is -3.83. The number of benzene rings is 2. The molecule has 2 unspecified atom stereocenters. The van der Waals surface area contributed by atoms with Crippen molar-refractivity contribution in [3.8, 4) is 56.8 Å². The van der Waals surface area contributed by atoms with Gasteiger partial charge in [0.2, 0.25) is 11.5 Å². The molecule has 0 N–H and O–H groups in total. The Morgan fingerprint density at radius 2 is 1.18 bits per heavy atom. The van der Waals surface area contributed by atoms with E-state index in [4.69, 9.17) is 27.1 Å². The lowest BCUT2D eigenvalue weighted by Gasteiger charge is -2.29. The zero-order chi connectivity index (χ0) is 14.4. The Morgan fingerprint density at radius 3 is 1.95 bits per heavy atom. The van der Waals surface area contributed by atoms with Gasteiger partial charge in [-0.1, -0.05) is 0 Å². The molecule has 22 heavy (non-hydrogen) atoms. The molecule has 8 nitrogen and oxygen atoms in total. The lowest BCUT2D eigenvalue weighted by atomic mass is 9.78. The molecule has 10 heteroatoms. The van der Waals surface area contributed by atoms with Crippen LogP contribution >= 0.6 is 15.6 Å². The fourth-order valence-corrected chi connectivity index (χ4v) is 5.99. The predicted octanol–water partition coefficient (Wildman–Crippen LogP) is 3.88. The van der Waals surface area contributed by atoms with Crippen molar-refractivity contribution in [1.29, 1.82) is 0 Å². The van der Waals surface area contributed by atoms with Gasteiger partial charge in [0, 0.05) is 16.7 Å². The smallest absolute Gasteiger partial charge is 0.382 e. The monoisotopic (exact) mass is 336 g/mol. The summed E-state index contributed by atoms with van der Waals surface area (Å²) in [5.41, 5.74) is 2.92. The molecule has 0 fully saturated rings. The highest BCUT2D eigenvalue weighted by atomic mass is 31.2. The second kappa shape index (κ2) is 2.57. The number of hydrogen-bond donors (Lipinski definition) is 0. The number of rotatable bonds is 0. The Balaban J connectivity index is 1.72. The van der Waals surface area contributed by atoms with Crippen LogP contribution in [0.25, 0.3) is 22.3 Å². The van der Waals surface area contributed by atoms with Crippen LogP contribution in [0.3, 0.4) is 0 Å². The predicted molar refractivity (Wildman–Crippen MR) is 69.9 cm³/mol. The van der Waals surface area contributed by atoms with E-state index < -0.39 is 15.6 Å². The Kier molecular flexibility index (Phi) is 1.22. The Morgan fingerprint density at radius 1 is 0.591 bits per heavy atom. The van der Waals surface area contributed by atoms with E-state index in [1.54, 1.807) is 12.1 Å². The zero-order valence-electron chi connectivity index (χ0n) is 10.3. The molecule has 0 saturated carbocycles. The van der Waals surface area contributed by atoms with Crippen LogP contribution in [-0.2, 0) is 9.13 Å². The zero-order valence-corrected chi connectivity index (χ0v) is 12.1. The standard InChI is InChI=1S/C12H2O8P2/c13-21-15-4-2-1-3-5(8(4)16-21)7-6(3)9-11-12(10(7)18-21)20-22(14,17-9)19-11/h1-2H. The van der Waals surface area contributed by atoms with Gasteiger partial charge in [-0.3, -0.25) is 0 Å². The maximum absolute atomic E-state index is 12.6. The average Bonchev–Trinajstić information content (AvgIpc) is 3.02. The van der Waals surface area contributed by atoms with E-state index in [1.165, 1.54) is 0 Å². The van der Waals surface area contributed by atoms with Crippen LogP contribution in [0.15, 0.2) is 12.1 Å². The number of fused-ring (bicyclic) bond motifs is 5. The summed E-state index contributed by atoms with van der Waals surface area (Å²) < 4.78 is 56.8. The summed E-state index contributed by atoms with van der Waals surface area (Å²) in [6.07, 6.45) is 0. The van der Waals surface area contributed by atoms with Crippen LogP contribution in [0.4, 0.5) is 0 Å². The molecule has 2 atom stereocenters. The van der Waals surface area contributed by atoms with Gasteiger partial charge in [-0.25, -0.2) is 0 Å². The van der Waals surface area contributed by atoms with E-state index in [1.807, 2.05) is 0 Å². The summed E-state index contributed by atoms with van der Waals surface area (Å²) in [6, 6.07) is 3.46. The molecular weight excluding hydrogens is 334 g/mol. The van der Waals surface area contributed by atoms with Crippen LogP contribution in [-0.4, -0.2) is 0 Å². The van der Waals surface area contributed by atoms with Gasteiger partial charge in [-0.15, -0.1) is 0 Å². The van der Waals surface area contributed by atoms with Gasteiger partial charge in [0.15, 0.2) is 23.0 Å². The SMILES string of the molecule is O=P12Oc3c(c4c5c(c3O1)-c1ccc3c(c1-5)OP(=O)(O3)O4)O2. The fraction of sp³-hybridized carbons (Fsp3) is 0. The molecule has 2 aromatic rings. The molecule has 0 amide bonds. The van der Waals surface area contributed by atoms with E-state index in [0.717, 1.165) is 11.1 Å². The summed E-state index contributed by atoms with van der Waals surface area (Å²) in [4.78, 5) is 0. The minimum absolute atomic E-state index is 0.126. The second-order valence-electron chi connectivity index (χ2n) is 5.32. The largest absolute Gasteiger partial charge is 0.647 e. The quantitative estimate of drug-likeness (QED) is 0.571. The van der Waals surface area contributed by atoms with Crippen molar-refractivity contribution in [3.05, 3.63) is 12.1 Å². The molecule has 4 bridgehead atoms. The van der Waals surface area contributed by atoms with Crippen LogP contribution in [0.5, 0.6) is 34.5 Å². The molecule has 2 aromatic carbocycles. The first-order chi connectivity index (χ1) is 10.6. The van der Waals surface area contributed by atoms with Crippen molar-refractivity contribution in [2.75, 3.05) is 0 Å². The fourth-order valence-electron chi connectivity index (χ4n) is 3.41. The third-order valence-corrected chi connectivity index (χ3v) is 6.64. The first-order valence-corrected chi connectivity index (χ1v) is 9.27. The van der Waals surface area contributed by atoms with Gasteiger partial charge in [0.1, 0.15) is 0 Å². The molecule has 4 aliphatic heterocycles. The summed E-state index contributed by atoms with van der Waals surface area (Å²) in [7, 11) is -7.51. The van der Waals surface area contributed by atoms with Crippen LogP contribution < -0.4 is 27.1 Å². The molecule has 0 saturated heterocycles. The van der Waals surface area contributed by atoms with E-state index in [2.05, 4.69) is 0 Å². The van der Waals surface area contributed by atoms with Crippen molar-refractivity contribution in [2.45, 2.75) is 0 Å². The highest BCUT2D eigenvalue weighted by Crippen LogP contribution is 2.81. The van der Waals surface area contributed by atoms with Crippen LogP contribution in [0, 0.1) is 0 Å². The van der Waals surface area contributed by atoms with Crippen molar-refractivity contribution in [1.82, 2.24) is 0 Å². The van der Waals surface area contributed by atoms with E-state index in [-0.39, 0.29) is 17.2 Å². The summed E-state index contributed by atoms with van der Waals surface area (Å²) in [5.74, 6) is 1.64. The van der Waals surface area contributed by atoms with E-state index >= 15 is 0 Å². The molecule has 0 aromatic heterocycles. The highest BCUT2D eigenvalue weighted by molar-refractivity contribution is 7.51. The number of phosphoric ester groups is 2. The minimum Gasteiger partial charge on any atom is -0.382 e. The summed E-state index contributed by atoms with van der Waals surface area (Å²) >= 11 is 0. The molecule has 0 radical (unpaired) electrons. The number of phosphoric acid groups is 2. The third-order valence-electron chi connectivity index (χ3n) is 4.19. The molecule has 4 heterocycles. The topological polar surface area (TPSA) is 89.5 Å². The molecular formula is C12H2O8P2. The van der Waals surface area contributed by atoms with Gasteiger partial charge < -0.3 is 27.1 Å². The van der Waals surface area contributed by atoms with E-state index in [0.29, 0.717) is 28.4 Å². The van der Waals surface area contributed by atoms with Gasteiger partial charge >= 0.3 is 15.6 Å². The third kappa shape index (κ3) is 0.839. The van der Waals surface area contributed by atoms with Crippen molar-refractivity contribution in [2.24, 2.45) is 0 Å². The van der Waals surface area contributed by atoms with E-state index in [9.17, 15) is 9.13 Å². The number of hydrogen-bond acceptors (Lipinski definition) is 8. The first kappa shape index (κ1) is 10.4. The van der Waals surface area contributed by atoms with Crippen LogP contribution in [0.1, 0.15) is 0 Å². The van der Waals surface area contributed by atoms with Gasteiger partial charge in [0.25, 0.3) is 0 Å². The van der Waals surface area contributed by atoms with Crippen LogP contribution in [0.2, 0.25) is 0 Å². The maximum Gasteiger partial charge on any atom is 0.647 e. The molecule has 7 rings (SSSR count). The van der Waals surface area contributed by atoms with Gasteiger partial charge in [-0.05, 0) is 17.7 Å². The van der Waals surface area contributed by atoms with Gasteiger partial charge in [-0.2, -0.15) is 9.13 Å². The molecule has 0 spiro atoms. The maximum atomic E-state index is 12.6. The highest BCUT2D eigenvalue weighted by Gasteiger charge is 2.60. The molecule has 5 aliphatic rings. The Bertz CT molecular complexity index is 1100. The summed E-state index contributed by atoms with van der Waals surface area (Å²) in [6.45, 7) is 0. The molecule has 108 valence electrons. The lowest BCUT2D eigenvalue weighted by molar-refractivity contribution is 0.321. The summed E-state index contributed by atoms with van der Waals surface area (Å²) in [5, 5.41) is 0. The lowest BCUT2D eigenvalue weighted by Crippen LogP contribution is -2.09. The second-order valence-corrected chi connectivity index (χ2v) is 8.21. The first-order valence-electron chi connectivity index (χ1n) is 6.35.